The highest BCUT2D eigenvalue weighted by Crippen LogP contribution is 2.25. The third-order valence-electron chi connectivity index (χ3n) is 4.52. The van der Waals surface area contributed by atoms with Crippen molar-refractivity contribution < 1.29 is 19.1 Å². The fraction of sp³-hybridized carbons (Fsp3) is 0.474. The van der Waals surface area contributed by atoms with Crippen molar-refractivity contribution in [2.24, 2.45) is 5.92 Å². The Morgan fingerprint density at radius 2 is 1.64 bits per heavy atom. The second-order valence-corrected chi connectivity index (χ2v) is 7.10. The number of piperidine rings is 1. The molecule has 0 spiro atoms. The second kappa shape index (κ2) is 6.78. The van der Waals surface area contributed by atoms with E-state index in [1.54, 1.807) is 0 Å². The highest BCUT2D eigenvalue weighted by Gasteiger charge is 2.38. The first kappa shape index (κ1) is 17.3. The van der Waals surface area contributed by atoms with Crippen LogP contribution in [-0.4, -0.2) is 30.8 Å². The van der Waals surface area contributed by atoms with Crippen molar-refractivity contribution in [3.63, 3.8) is 0 Å². The van der Waals surface area contributed by atoms with Gasteiger partial charge < -0.3 is 19.7 Å². The predicted molar refractivity (Wildman–Crippen MR) is 95.0 cm³/mol. The standard InChI is InChI=1S/C19H24N2O4/c1-13-8-10-21(11-9-13)15-6-4-14(5-7-15)20-12-16-17(22)24-19(2,3)25-18(16)23/h4-7,12-13,20H,8-11H2,1-3H3. The molecule has 2 aliphatic rings. The van der Waals surface area contributed by atoms with Crippen LogP contribution in [-0.2, 0) is 19.1 Å². The minimum Gasteiger partial charge on any atom is -0.419 e. The second-order valence-electron chi connectivity index (χ2n) is 7.10. The fourth-order valence-electron chi connectivity index (χ4n) is 2.97. The van der Waals surface area contributed by atoms with Gasteiger partial charge in [0.25, 0.3) is 5.79 Å². The summed E-state index contributed by atoms with van der Waals surface area (Å²) in [4.78, 5) is 26.2. The van der Waals surface area contributed by atoms with Crippen molar-refractivity contribution in [3.05, 3.63) is 36.0 Å². The van der Waals surface area contributed by atoms with Gasteiger partial charge in [0, 0.05) is 44.5 Å². The third kappa shape index (κ3) is 4.13. The Labute approximate surface area is 147 Å². The molecule has 134 valence electrons. The van der Waals surface area contributed by atoms with Gasteiger partial charge in [-0.3, -0.25) is 0 Å². The first-order valence-electron chi connectivity index (χ1n) is 8.62. The Kier molecular flexibility index (Phi) is 4.70. The van der Waals surface area contributed by atoms with Crippen LogP contribution < -0.4 is 10.2 Å². The van der Waals surface area contributed by atoms with Crippen LogP contribution in [0.5, 0.6) is 0 Å². The SMILES string of the molecule is CC1CCN(c2ccc(NC=C3C(=O)OC(C)(C)OC3=O)cc2)CC1. The lowest BCUT2D eigenvalue weighted by Gasteiger charge is -2.32. The topological polar surface area (TPSA) is 67.9 Å². The number of cyclic esters (lactones) is 2. The van der Waals surface area contributed by atoms with Gasteiger partial charge in [0.15, 0.2) is 5.57 Å². The Hall–Kier alpha value is -2.50. The Morgan fingerprint density at radius 3 is 2.20 bits per heavy atom. The van der Waals surface area contributed by atoms with Gasteiger partial charge in [-0.25, -0.2) is 9.59 Å². The number of benzene rings is 1. The highest BCUT2D eigenvalue weighted by atomic mass is 16.7. The van der Waals surface area contributed by atoms with Gasteiger partial charge in [-0.1, -0.05) is 6.92 Å². The van der Waals surface area contributed by atoms with Crippen molar-refractivity contribution in [2.75, 3.05) is 23.3 Å². The largest absolute Gasteiger partial charge is 0.419 e. The number of hydrogen-bond donors (Lipinski definition) is 1. The van der Waals surface area contributed by atoms with E-state index >= 15 is 0 Å². The van der Waals surface area contributed by atoms with Gasteiger partial charge in [0.1, 0.15) is 0 Å². The van der Waals surface area contributed by atoms with Crippen LogP contribution in [0.4, 0.5) is 11.4 Å². The molecule has 6 nitrogen and oxygen atoms in total. The Bertz CT molecular complexity index is 664. The van der Waals surface area contributed by atoms with Crippen LogP contribution in [0.1, 0.15) is 33.6 Å². The number of nitrogens with zero attached hydrogens (tertiary/aromatic N) is 1. The van der Waals surface area contributed by atoms with E-state index in [2.05, 4.69) is 17.1 Å². The van der Waals surface area contributed by atoms with Crippen molar-refractivity contribution in [1.29, 1.82) is 0 Å². The van der Waals surface area contributed by atoms with Crippen molar-refractivity contribution in [1.82, 2.24) is 0 Å². The molecule has 25 heavy (non-hydrogen) atoms. The van der Waals surface area contributed by atoms with Gasteiger partial charge in [0.2, 0.25) is 0 Å². The summed E-state index contributed by atoms with van der Waals surface area (Å²) in [6.07, 6.45) is 3.76. The van der Waals surface area contributed by atoms with Gasteiger partial charge in [-0.05, 0) is 43.0 Å². The lowest BCUT2D eigenvalue weighted by molar-refractivity contribution is -0.222. The van der Waals surface area contributed by atoms with E-state index < -0.39 is 17.7 Å². The average molecular weight is 344 g/mol. The summed E-state index contributed by atoms with van der Waals surface area (Å²) < 4.78 is 10.1. The molecule has 0 atom stereocenters. The van der Waals surface area contributed by atoms with E-state index in [1.807, 2.05) is 24.3 Å². The van der Waals surface area contributed by atoms with Gasteiger partial charge in [-0.15, -0.1) is 0 Å². The molecule has 2 heterocycles. The van der Waals surface area contributed by atoms with E-state index in [1.165, 1.54) is 38.6 Å². The molecular formula is C19H24N2O4. The Morgan fingerprint density at radius 1 is 1.08 bits per heavy atom. The maximum absolute atomic E-state index is 11.9. The normalized spacial score (nSPS) is 20.8. The zero-order valence-electron chi connectivity index (χ0n) is 14.9. The molecule has 3 rings (SSSR count). The third-order valence-corrected chi connectivity index (χ3v) is 4.52. The molecule has 0 radical (unpaired) electrons. The van der Waals surface area contributed by atoms with Crippen molar-refractivity contribution in [3.8, 4) is 0 Å². The number of nitrogens with one attached hydrogen (secondary N) is 1. The van der Waals surface area contributed by atoms with Crippen molar-refractivity contribution in [2.45, 2.75) is 39.4 Å². The van der Waals surface area contributed by atoms with E-state index in [4.69, 9.17) is 9.47 Å². The first-order chi connectivity index (χ1) is 11.8. The van der Waals surface area contributed by atoms with Crippen molar-refractivity contribution >= 4 is 23.3 Å². The number of hydrogen-bond acceptors (Lipinski definition) is 6. The van der Waals surface area contributed by atoms with E-state index in [-0.39, 0.29) is 5.57 Å². The maximum atomic E-state index is 11.9. The molecule has 0 amide bonds. The molecule has 1 N–H and O–H groups in total. The molecule has 2 saturated heterocycles. The quantitative estimate of drug-likeness (QED) is 0.516. The fourth-order valence-corrected chi connectivity index (χ4v) is 2.97. The molecule has 0 aliphatic carbocycles. The molecule has 0 saturated carbocycles. The van der Waals surface area contributed by atoms with Crippen LogP contribution in [0.2, 0.25) is 0 Å². The van der Waals surface area contributed by atoms with E-state index in [9.17, 15) is 9.59 Å². The molecule has 6 heteroatoms. The number of anilines is 2. The zero-order chi connectivity index (χ0) is 18.0. The molecule has 1 aromatic rings. The summed E-state index contributed by atoms with van der Waals surface area (Å²) in [5.74, 6) is -1.80. The van der Waals surface area contributed by atoms with Gasteiger partial charge in [-0.2, -0.15) is 0 Å². The van der Waals surface area contributed by atoms with Crippen LogP contribution in [0.25, 0.3) is 0 Å². The first-order valence-corrected chi connectivity index (χ1v) is 8.62. The summed E-state index contributed by atoms with van der Waals surface area (Å²) in [7, 11) is 0. The monoisotopic (exact) mass is 344 g/mol. The molecule has 1 aromatic carbocycles. The molecule has 0 unspecified atom stereocenters. The number of esters is 2. The smallest absolute Gasteiger partial charge is 0.350 e. The molecular weight excluding hydrogens is 320 g/mol. The molecule has 2 fully saturated rings. The Balaban J connectivity index is 1.64. The molecule has 2 aliphatic heterocycles. The summed E-state index contributed by atoms with van der Waals surface area (Å²) >= 11 is 0. The molecule has 0 bridgehead atoms. The van der Waals surface area contributed by atoms with Crippen LogP contribution in [0.3, 0.4) is 0 Å². The molecule has 0 aromatic heterocycles. The lowest BCUT2D eigenvalue weighted by Crippen LogP contribution is -2.42. The summed E-state index contributed by atoms with van der Waals surface area (Å²) in [6.45, 7) is 7.48. The van der Waals surface area contributed by atoms with Crippen LogP contribution in [0.15, 0.2) is 36.0 Å². The number of ether oxygens (including phenoxy) is 2. The van der Waals surface area contributed by atoms with Gasteiger partial charge >= 0.3 is 11.9 Å². The van der Waals surface area contributed by atoms with E-state index in [0.29, 0.717) is 0 Å². The summed E-state index contributed by atoms with van der Waals surface area (Å²) in [6, 6.07) is 7.93. The highest BCUT2D eigenvalue weighted by molar-refractivity contribution is 6.15. The zero-order valence-corrected chi connectivity index (χ0v) is 14.9. The maximum Gasteiger partial charge on any atom is 0.350 e. The minimum atomic E-state index is -1.22. The lowest BCUT2D eigenvalue weighted by atomic mass is 9.99. The number of carbonyl (C=O) groups is 2. The van der Waals surface area contributed by atoms with Crippen LogP contribution >= 0.6 is 0 Å². The van der Waals surface area contributed by atoms with Crippen LogP contribution in [0, 0.1) is 5.92 Å². The van der Waals surface area contributed by atoms with E-state index in [0.717, 1.165) is 24.7 Å². The summed E-state index contributed by atoms with van der Waals surface area (Å²) in [5, 5.41) is 2.96. The number of carbonyl (C=O) groups excluding carboxylic acids is 2. The number of rotatable bonds is 3. The minimum absolute atomic E-state index is 0.145. The predicted octanol–water partition coefficient (Wildman–Crippen LogP) is 3.05. The van der Waals surface area contributed by atoms with Gasteiger partial charge in [0.05, 0.1) is 0 Å². The average Bonchev–Trinajstić information content (AvgIpc) is 2.54. The summed E-state index contributed by atoms with van der Waals surface area (Å²) in [5.41, 5.74) is 1.82.